The van der Waals surface area contributed by atoms with Crippen molar-refractivity contribution in [2.75, 3.05) is 0 Å². The predicted molar refractivity (Wildman–Crippen MR) is 177 cm³/mol. The maximum atomic E-state index is 1.62. The average molecular weight is 539 g/mol. The van der Waals surface area contributed by atoms with Crippen molar-refractivity contribution in [3.8, 4) is 0 Å². The monoisotopic (exact) mass is 539 g/mol. The third kappa shape index (κ3) is 6.56. The molecule has 8 saturated carbocycles. The van der Waals surface area contributed by atoms with E-state index in [1.165, 1.54) is 47.3 Å². The molecule has 0 aliphatic heterocycles. The van der Waals surface area contributed by atoms with Crippen LogP contribution in [0.1, 0.15) is 165 Å². The molecule has 39 heavy (non-hydrogen) atoms. The van der Waals surface area contributed by atoms with Gasteiger partial charge >= 0.3 is 0 Å². The van der Waals surface area contributed by atoms with Crippen LogP contribution in [0, 0.1) is 71.0 Å². The molecule has 2 heteroatoms. The first-order valence-corrected chi connectivity index (χ1v) is 17.4. The molecule has 0 N–H and O–H groups in total. The number of hydrogen-bond donors (Lipinski definition) is 0. The van der Waals surface area contributed by atoms with Gasteiger partial charge in [0.15, 0.2) is 0 Å². The number of fused-ring (bicyclic) bond motifs is 10. The third-order valence-electron chi connectivity index (χ3n) is 14.4. The van der Waals surface area contributed by atoms with Crippen LogP contribution in [-0.4, -0.2) is 16.8 Å². The highest BCUT2D eigenvalue weighted by Crippen LogP contribution is 2.58. The second kappa shape index (κ2) is 15.0. The van der Waals surface area contributed by atoms with E-state index >= 15 is 0 Å². The molecule has 6 radical (unpaired) electrons. The summed E-state index contributed by atoms with van der Waals surface area (Å²) in [5.74, 6) is 14.0. The minimum atomic E-state index is 0. The van der Waals surface area contributed by atoms with E-state index in [-0.39, 0.29) is 34.5 Å². The Balaban J connectivity index is 0.000000358. The van der Waals surface area contributed by atoms with E-state index in [1.807, 2.05) is 0 Å². The van der Waals surface area contributed by atoms with Gasteiger partial charge in [-0.3, -0.25) is 0 Å². The Labute approximate surface area is 252 Å². The van der Waals surface area contributed by atoms with Crippen LogP contribution in [0.25, 0.3) is 0 Å². The molecule has 0 aromatic rings. The molecule has 0 heterocycles. The Morgan fingerprint density at radius 2 is 0.462 bits per heavy atom. The topological polar surface area (TPSA) is 0 Å². The predicted octanol–water partition coefficient (Wildman–Crippen LogP) is 11.5. The van der Waals surface area contributed by atoms with Crippen LogP contribution >= 0.6 is 0 Å². The van der Waals surface area contributed by atoms with Crippen molar-refractivity contribution in [1.29, 1.82) is 0 Å². The van der Waals surface area contributed by atoms with E-state index in [0.717, 1.165) is 23.7 Å². The van der Waals surface area contributed by atoms with Gasteiger partial charge in [0.25, 0.3) is 0 Å². The highest BCUT2D eigenvalue weighted by atomic mass is 14.5. The summed E-state index contributed by atoms with van der Waals surface area (Å²) < 4.78 is 0. The van der Waals surface area contributed by atoms with Crippen molar-refractivity contribution in [3.63, 3.8) is 0 Å². The molecule has 8 rings (SSSR count). The third-order valence-corrected chi connectivity index (χ3v) is 14.4. The number of hydrogen-bond acceptors (Lipinski definition) is 0. The van der Waals surface area contributed by atoms with Gasteiger partial charge in [-0.05, 0) is 148 Å². The summed E-state index contributed by atoms with van der Waals surface area (Å²) in [4.78, 5) is 0. The summed E-state index contributed by atoms with van der Waals surface area (Å²) in [5.41, 5.74) is 0. The Morgan fingerprint density at radius 1 is 0.231 bits per heavy atom. The maximum absolute atomic E-state index is 1.62. The van der Waals surface area contributed by atoms with Crippen LogP contribution in [0.2, 0.25) is 0 Å². The van der Waals surface area contributed by atoms with E-state index in [2.05, 4.69) is 0 Å². The van der Waals surface area contributed by atoms with Crippen LogP contribution in [0.3, 0.4) is 0 Å². The summed E-state index contributed by atoms with van der Waals surface area (Å²) in [5, 5.41) is 0. The van der Waals surface area contributed by atoms with Gasteiger partial charge in [-0.1, -0.05) is 85.5 Å². The van der Waals surface area contributed by atoms with Crippen molar-refractivity contribution in [3.05, 3.63) is 0 Å². The van der Waals surface area contributed by atoms with E-state index < -0.39 is 0 Å². The molecule has 12 atom stereocenters. The molecule has 0 aromatic heterocycles. The number of rotatable bonds is 0. The minimum absolute atomic E-state index is 0. The molecule has 0 saturated heterocycles. The Bertz CT molecular complexity index is 687. The Kier molecular flexibility index (Phi) is 13.0. The normalized spacial score (nSPS) is 47.4. The van der Waals surface area contributed by atoms with Crippen molar-refractivity contribution < 1.29 is 2.85 Å². The van der Waals surface area contributed by atoms with Gasteiger partial charge in [-0.25, -0.2) is 0 Å². The second-order valence-electron chi connectivity index (χ2n) is 15.4. The van der Waals surface area contributed by atoms with Crippen molar-refractivity contribution >= 4 is 16.8 Å². The average Bonchev–Trinajstić information content (AvgIpc) is 3.42. The van der Waals surface area contributed by atoms with Crippen LogP contribution in [0.5, 0.6) is 0 Å². The summed E-state index contributed by atoms with van der Waals surface area (Å²) in [6.07, 6.45) is 36.5. The van der Waals surface area contributed by atoms with Crippen LogP contribution < -0.4 is 0 Å². The van der Waals surface area contributed by atoms with Gasteiger partial charge < -0.3 is 0 Å². The fourth-order valence-electron chi connectivity index (χ4n) is 13.1. The van der Waals surface area contributed by atoms with E-state index in [0.29, 0.717) is 0 Å². The fourth-order valence-corrected chi connectivity index (χ4v) is 13.1. The first-order valence-electron chi connectivity index (χ1n) is 17.4. The standard InChI is InChI=1S/C18H30.C17H28.2CH4.2B.2H2/c1-3-7-15-13(5-1)9-11-18-16-8-4-2-6-14(16)10-12-17(15)18;1-2-6-14-12(4-1)8-10-17-15-7-3-5-13(15)9-11-16(14)17;;;;;;/h13-18H,1-12H2;12-17H,1-11H2;2*1H4;;;2*1H/i;;;;;;2*1+1. The largest absolute Gasteiger partial charge is 0.0776 e. The highest BCUT2D eigenvalue weighted by molar-refractivity contribution is 5.76. The fraction of sp³-hybridized carbons (Fsp3) is 1.00. The lowest BCUT2D eigenvalue weighted by atomic mass is 9.51. The van der Waals surface area contributed by atoms with Gasteiger partial charge in [0.05, 0.1) is 0 Å². The molecule has 0 bridgehead atoms. The smallest absolute Gasteiger partial charge is 0 e. The molecular formula is C37H70B2. The zero-order valence-electron chi connectivity index (χ0n) is 24.3. The van der Waals surface area contributed by atoms with Gasteiger partial charge in [0.2, 0.25) is 0 Å². The zero-order chi connectivity index (χ0) is 23.2. The molecule has 0 spiro atoms. The van der Waals surface area contributed by atoms with E-state index in [4.69, 9.17) is 0 Å². The maximum Gasteiger partial charge on any atom is 0 e. The summed E-state index contributed by atoms with van der Waals surface area (Å²) in [6.45, 7) is 0. The van der Waals surface area contributed by atoms with Crippen molar-refractivity contribution in [2.24, 2.45) is 71.0 Å². The summed E-state index contributed by atoms with van der Waals surface area (Å²) >= 11 is 0. The molecule has 8 aliphatic rings. The highest BCUT2D eigenvalue weighted by Gasteiger charge is 2.49. The second-order valence-corrected chi connectivity index (χ2v) is 15.4. The molecule has 0 amide bonds. The van der Waals surface area contributed by atoms with E-state index in [1.54, 1.807) is 148 Å². The first kappa shape index (κ1) is 33.6. The quantitative estimate of drug-likeness (QED) is 0.269. The SMILES string of the molecule is C.C.C1CCC2C(C1)CCC1C3CCCC3CCC21.C1CCC2C(C1)CCC1C3CCCCC3CCC21.[2HH].[2HH].[B].[B]. The molecule has 0 aromatic carbocycles. The zero-order valence-corrected chi connectivity index (χ0v) is 24.3. The van der Waals surface area contributed by atoms with Crippen molar-refractivity contribution in [2.45, 2.75) is 163 Å². The van der Waals surface area contributed by atoms with Crippen LogP contribution in [0.15, 0.2) is 0 Å². The Morgan fingerprint density at radius 3 is 0.769 bits per heavy atom. The Hall–Kier alpha value is 0.130. The van der Waals surface area contributed by atoms with Gasteiger partial charge in [-0.2, -0.15) is 0 Å². The minimum Gasteiger partial charge on any atom is -0.0776 e. The lowest BCUT2D eigenvalue weighted by molar-refractivity contribution is -0.0408. The summed E-state index contributed by atoms with van der Waals surface area (Å²) in [7, 11) is 0. The van der Waals surface area contributed by atoms with Crippen LogP contribution in [0.4, 0.5) is 0 Å². The molecule has 0 nitrogen and oxygen atoms in total. The van der Waals surface area contributed by atoms with Gasteiger partial charge in [0, 0.05) is 19.7 Å². The first-order chi connectivity index (χ1) is 17.4. The van der Waals surface area contributed by atoms with E-state index in [9.17, 15) is 0 Å². The van der Waals surface area contributed by atoms with Crippen LogP contribution in [-0.2, 0) is 0 Å². The summed E-state index contributed by atoms with van der Waals surface area (Å²) in [6, 6.07) is 0. The van der Waals surface area contributed by atoms with Gasteiger partial charge in [-0.15, -0.1) is 0 Å². The lowest BCUT2D eigenvalue weighted by Crippen LogP contribution is -2.45. The molecule has 8 aliphatic carbocycles. The lowest BCUT2D eigenvalue weighted by Gasteiger charge is -2.54. The molecular weight excluding hydrogens is 466 g/mol. The van der Waals surface area contributed by atoms with Crippen molar-refractivity contribution in [1.82, 2.24) is 0 Å². The molecule has 224 valence electrons. The molecule has 12 unspecified atom stereocenters. The molecule has 8 fully saturated rings. The van der Waals surface area contributed by atoms with Gasteiger partial charge in [0.1, 0.15) is 0 Å².